The third-order valence-corrected chi connectivity index (χ3v) is 1.78. The standard InChI is InChI=1S/C9H7F3N2O/c1-6-4-14-5-7(15-9(10,11)12)2-3-8(14)13-6/h2-5H,1H3. The van der Waals surface area contributed by atoms with Crippen LogP contribution in [0.3, 0.4) is 0 Å². The molecule has 0 atom stereocenters. The van der Waals surface area contributed by atoms with E-state index >= 15 is 0 Å². The summed E-state index contributed by atoms with van der Waals surface area (Å²) in [6.45, 7) is 1.76. The number of halogens is 3. The number of rotatable bonds is 1. The maximum Gasteiger partial charge on any atom is 0.573 e. The number of pyridine rings is 1. The molecule has 0 saturated carbocycles. The van der Waals surface area contributed by atoms with Crippen molar-refractivity contribution < 1.29 is 17.9 Å². The lowest BCUT2D eigenvalue weighted by Crippen LogP contribution is -2.17. The Bertz CT molecular complexity index is 490. The average molecular weight is 216 g/mol. The second kappa shape index (κ2) is 3.15. The van der Waals surface area contributed by atoms with Gasteiger partial charge in [-0.1, -0.05) is 0 Å². The molecule has 0 fully saturated rings. The van der Waals surface area contributed by atoms with E-state index < -0.39 is 6.36 Å². The molecule has 6 heteroatoms. The number of nitrogens with zero attached hydrogens (tertiary/aromatic N) is 2. The van der Waals surface area contributed by atoms with Gasteiger partial charge in [0.05, 0.1) is 11.9 Å². The molecule has 0 unspecified atom stereocenters. The molecule has 0 aliphatic carbocycles. The van der Waals surface area contributed by atoms with Crippen LogP contribution in [0.25, 0.3) is 5.65 Å². The summed E-state index contributed by atoms with van der Waals surface area (Å²) in [7, 11) is 0. The van der Waals surface area contributed by atoms with Gasteiger partial charge in [-0.15, -0.1) is 13.2 Å². The van der Waals surface area contributed by atoms with Crippen LogP contribution in [-0.4, -0.2) is 15.7 Å². The highest BCUT2D eigenvalue weighted by Crippen LogP contribution is 2.22. The van der Waals surface area contributed by atoms with E-state index in [1.54, 1.807) is 13.1 Å². The van der Waals surface area contributed by atoms with Crippen molar-refractivity contribution in [2.24, 2.45) is 0 Å². The average Bonchev–Trinajstić information content (AvgIpc) is 2.40. The molecular weight excluding hydrogens is 209 g/mol. The van der Waals surface area contributed by atoms with Crippen LogP contribution in [0.2, 0.25) is 0 Å². The van der Waals surface area contributed by atoms with E-state index in [1.807, 2.05) is 0 Å². The minimum Gasteiger partial charge on any atom is -0.404 e. The first-order chi connectivity index (χ1) is 6.94. The molecule has 2 aromatic rings. The lowest BCUT2D eigenvalue weighted by Gasteiger charge is -2.08. The number of hydrogen-bond acceptors (Lipinski definition) is 2. The van der Waals surface area contributed by atoms with Gasteiger partial charge in [-0.3, -0.25) is 0 Å². The van der Waals surface area contributed by atoms with Crippen LogP contribution in [0.1, 0.15) is 5.69 Å². The van der Waals surface area contributed by atoms with Crippen LogP contribution in [0.4, 0.5) is 13.2 Å². The van der Waals surface area contributed by atoms with Crippen LogP contribution >= 0.6 is 0 Å². The van der Waals surface area contributed by atoms with E-state index in [0.29, 0.717) is 5.65 Å². The first-order valence-electron chi connectivity index (χ1n) is 4.15. The Morgan fingerprint density at radius 2 is 2.00 bits per heavy atom. The molecule has 15 heavy (non-hydrogen) atoms. The van der Waals surface area contributed by atoms with Crippen molar-refractivity contribution in [2.75, 3.05) is 0 Å². The lowest BCUT2D eigenvalue weighted by molar-refractivity contribution is -0.274. The van der Waals surface area contributed by atoms with Gasteiger partial charge in [-0.2, -0.15) is 0 Å². The highest BCUT2D eigenvalue weighted by Gasteiger charge is 2.31. The molecule has 0 radical (unpaired) electrons. The topological polar surface area (TPSA) is 26.5 Å². The van der Waals surface area contributed by atoms with E-state index in [4.69, 9.17) is 0 Å². The zero-order chi connectivity index (χ0) is 11.1. The molecular formula is C9H7F3N2O. The Morgan fingerprint density at radius 3 is 2.67 bits per heavy atom. The molecule has 0 bridgehead atoms. The molecule has 0 N–H and O–H groups in total. The molecule has 80 valence electrons. The summed E-state index contributed by atoms with van der Waals surface area (Å²) in [5.41, 5.74) is 1.32. The van der Waals surface area contributed by atoms with Crippen LogP contribution in [0.5, 0.6) is 5.75 Å². The Kier molecular flexibility index (Phi) is 2.06. The summed E-state index contributed by atoms with van der Waals surface area (Å²) in [5, 5.41) is 0. The fraction of sp³-hybridized carbons (Fsp3) is 0.222. The summed E-state index contributed by atoms with van der Waals surface area (Å²) in [4.78, 5) is 4.08. The fourth-order valence-corrected chi connectivity index (χ4v) is 1.29. The highest BCUT2D eigenvalue weighted by atomic mass is 19.4. The van der Waals surface area contributed by atoms with Crippen molar-refractivity contribution in [1.82, 2.24) is 9.38 Å². The Hall–Kier alpha value is -1.72. The summed E-state index contributed by atoms with van der Waals surface area (Å²) in [6, 6.07) is 2.70. The first kappa shape index (κ1) is 9.82. The van der Waals surface area contributed by atoms with Gasteiger partial charge in [-0.05, 0) is 19.1 Å². The Balaban J connectivity index is 2.38. The minimum absolute atomic E-state index is 0.257. The summed E-state index contributed by atoms with van der Waals surface area (Å²) < 4.78 is 41.0. The lowest BCUT2D eigenvalue weighted by atomic mass is 10.4. The summed E-state index contributed by atoms with van der Waals surface area (Å²) >= 11 is 0. The molecule has 0 amide bonds. The third-order valence-electron chi connectivity index (χ3n) is 1.78. The van der Waals surface area contributed by atoms with Crippen LogP contribution < -0.4 is 4.74 Å². The molecule has 0 aromatic carbocycles. The van der Waals surface area contributed by atoms with Crippen LogP contribution in [-0.2, 0) is 0 Å². The van der Waals surface area contributed by atoms with E-state index in [0.717, 1.165) is 5.69 Å². The van der Waals surface area contributed by atoms with Crippen molar-refractivity contribution in [3.8, 4) is 5.75 Å². The molecule has 2 rings (SSSR count). The first-order valence-corrected chi connectivity index (χ1v) is 4.15. The normalized spacial score (nSPS) is 12.0. The van der Waals surface area contributed by atoms with Gasteiger partial charge in [0, 0.05) is 6.20 Å². The van der Waals surface area contributed by atoms with Crippen molar-refractivity contribution in [2.45, 2.75) is 13.3 Å². The van der Waals surface area contributed by atoms with Crippen molar-refractivity contribution >= 4 is 5.65 Å². The Labute approximate surface area is 83.1 Å². The molecule has 0 saturated heterocycles. The second-order valence-corrected chi connectivity index (χ2v) is 3.06. The third kappa shape index (κ3) is 2.20. The van der Waals surface area contributed by atoms with Gasteiger partial charge in [0.15, 0.2) is 0 Å². The largest absolute Gasteiger partial charge is 0.573 e. The van der Waals surface area contributed by atoms with Gasteiger partial charge in [0.2, 0.25) is 0 Å². The number of alkyl halides is 3. The molecule has 0 spiro atoms. The fourth-order valence-electron chi connectivity index (χ4n) is 1.29. The van der Waals surface area contributed by atoms with Crippen molar-refractivity contribution in [1.29, 1.82) is 0 Å². The monoisotopic (exact) mass is 216 g/mol. The molecule has 0 aliphatic heterocycles. The van der Waals surface area contributed by atoms with Gasteiger partial charge < -0.3 is 9.14 Å². The highest BCUT2D eigenvalue weighted by molar-refractivity contribution is 5.42. The smallest absolute Gasteiger partial charge is 0.404 e. The van der Waals surface area contributed by atoms with Gasteiger partial charge in [-0.25, -0.2) is 4.98 Å². The quantitative estimate of drug-likeness (QED) is 0.732. The number of ether oxygens (including phenoxy) is 1. The zero-order valence-electron chi connectivity index (χ0n) is 7.75. The number of imidazole rings is 1. The van der Waals surface area contributed by atoms with E-state index in [1.165, 1.54) is 22.7 Å². The van der Waals surface area contributed by atoms with Gasteiger partial charge in [0.1, 0.15) is 11.4 Å². The van der Waals surface area contributed by atoms with Crippen LogP contribution in [0, 0.1) is 6.92 Å². The molecule has 2 aromatic heterocycles. The van der Waals surface area contributed by atoms with Crippen molar-refractivity contribution in [3.05, 3.63) is 30.2 Å². The molecule has 0 aliphatic rings. The molecule has 3 nitrogen and oxygen atoms in total. The Morgan fingerprint density at radius 1 is 1.27 bits per heavy atom. The van der Waals surface area contributed by atoms with Gasteiger partial charge >= 0.3 is 6.36 Å². The molecule has 2 heterocycles. The number of aryl methyl sites for hydroxylation is 1. The van der Waals surface area contributed by atoms with E-state index in [-0.39, 0.29) is 5.75 Å². The minimum atomic E-state index is -4.66. The second-order valence-electron chi connectivity index (χ2n) is 3.06. The predicted octanol–water partition coefficient (Wildman–Crippen LogP) is 2.54. The SMILES string of the molecule is Cc1cn2cc(OC(F)(F)F)ccc2n1. The van der Waals surface area contributed by atoms with E-state index in [9.17, 15) is 13.2 Å². The summed E-state index contributed by atoms with van der Waals surface area (Å²) in [6.07, 6.45) is -1.80. The van der Waals surface area contributed by atoms with Crippen LogP contribution in [0.15, 0.2) is 24.5 Å². The maximum absolute atomic E-state index is 11.9. The zero-order valence-corrected chi connectivity index (χ0v) is 7.75. The van der Waals surface area contributed by atoms with E-state index in [2.05, 4.69) is 9.72 Å². The number of hydrogen-bond donors (Lipinski definition) is 0. The van der Waals surface area contributed by atoms with Crippen molar-refractivity contribution in [3.63, 3.8) is 0 Å². The number of fused-ring (bicyclic) bond motifs is 1. The predicted molar refractivity (Wildman–Crippen MR) is 46.6 cm³/mol. The maximum atomic E-state index is 11.9. The summed E-state index contributed by atoms with van der Waals surface area (Å²) in [5.74, 6) is -0.257. The number of aromatic nitrogens is 2. The van der Waals surface area contributed by atoms with Gasteiger partial charge in [0.25, 0.3) is 0 Å².